The Kier molecular flexibility index (Phi) is 3.75. The second kappa shape index (κ2) is 4.40. The van der Waals surface area contributed by atoms with Gasteiger partial charge in [-0.05, 0) is 23.8 Å². The van der Waals surface area contributed by atoms with E-state index in [0.29, 0.717) is 0 Å². The monoisotopic (exact) mass is 292 g/mol. The first-order valence-electron chi connectivity index (χ1n) is 3.71. The Hall–Kier alpha value is 0.140. The number of aliphatic hydroxyl groups is 1. The van der Waals surface area contributed by atoms with Gasteiger partial charge in [-0.1, -0.05) is 38.8 Å². The molecule has 1 rings (SSSR count). The van der Waals surface area contributed by atoms with Crippen LogP contribution in [0.3, 0.4) is 0 Å². The van der Waals surface area contributed by atoms with E-state index in [1.807, 2.05) is 25.1 Å². The summed E-state index contributed by atoms with van der Waals surface area (Å²) in [5, 5.41) is 8.97. The number of benzene rings is 1. The van der Waals surface area contributed by atoms with Crippen LogP contribution in [-0.4, -0.2) is 11.7 Å². The third kappa shape index (κ3) is 2.31. The van der Waals surface area contributed by atoms with E-state index in [1.165, 1.54) is 0 Å². The quantitative estimate of drug-likeness (QED) is 0.887. The summed E-state index contributed by atoms with van der Waals surface area (Å²) in [7, 11) is 0. The summed E-state index contributed by atoms with van der Waals surface area (Å²) >= 11 is 6.83. The van der Waals surface area contributed by atoms with Crippen LogP contribution in [0.5, 0.6) is 0 Å². The van der Waals surface area contributed by atoms with Gasteiger partial charge < -0.3 is 5.11 Å². The minimum atomic E-state index is 0.176. The lowest BCUT2D eigenvalue weighted by atomic mass is 10.0. The lowest BCUT2D eigenvalue weighted by Gasteiger charge is -2.10. The summed E-state index contributed by atoms with van der Waals surface area (Å²) in [6.45, 7) is 2.17. The molecular weight excluding hydrogens is 284 g/mol. The Labute approximate surface area is 89.1 Å². The molecule has 0 amide bonds. The van der Waals surface area contributed by atoms with E-state index in [4.69, 9.17) is 5.11 Å². The molecule has 66 valence electrons. The van der Waals surface area contributed by atoms with Crippen molar-refractivity contribution >= 4 is 31.9 Å². The molecule has 0 aliphatic rings. The van der Waals surface area contributed by atoms with E-state index in [1.54, 1.807) is 0 Å². The van der Waals surface area contributed by atoms with Crippen molar-refractivity contribution in [3.8, 4) is 0 Å². The molecule has 0 aromatic heterocycles. The molecule has 0 aliphatic heterocycles. The van der Waals surface area contributed by atoms with E-state index in [2.05, 4.69) is 31.9 Å². The lowest BCUT2D eigenvalue weighted by Crippen LogP contribution is -1.99. The van der Waals surface area contributed by atoms with Gasteiger partial charge in [0, 0.05) is 21.5 Å². The maximum absolute atomic E-state index is 8.97. The maximum Gasteiger partial charge on any atom is 0.0497 e. The zero-order valence-corrected chi connectivity index (χ0v) is 9.89. The van der Waals surface area contributed by atoms with E-state index >= 15 is 0 Å². The van der Waals surface area contributed by atoms with Crippen molar-refractivity contribution in [2.24, 2.45) is 0 Å². The normalized spacial score (nSPS) is 13.0. The summed E-state index contributed by atoms with van der Waals surface area (Å²) in [4.78, 5) is 0. The van der Waals surface area contributed by atoms with Crippen LogP contribution in [0.15, 0.2) is 27.1 Å². The first-order chi connectivity index (χ1) is 5.65. The molecule has 12 heavy (non-hydrogen) atoms. The molecular formula is C9H10Br2O. The summed E-state index contributed by atoms with van der Waals surface area (Å²) in [5.74, 6) is 0.178. The van der Waals surface area contributed by atoms with Gasteiger partial charge in [-0.15, -0.1) is 0 Å². The molecule has 0 fully saturated rings. The van der Waals surface area contributed by atoms with E-state index in [0.717, 1.165) is 14.5 Å². The highest BCUT2D eigenvalue weighted by atomic mass is 79.9. The van der Waals surface area contributed by atoms with Crippen LogP contribution in [0.25, 0.3) is 0 Å². The van der Waals surface area contributed by atoms with Crippen LogP contribution in [-0.2, 0) is 0 Å². The zero-order valence-electron chi connectivity index (χ0n) is 6.72. The molecule has 3 heteroatoms. The molecule has 1 atom stereocenters. The molecule has 0 spiro atoms. The summed E-state index contributed by atoms with van der Waals surface area (Å²) in [5.41, 5.74) is 1.13. The van der Waals surface area contributed by atoms with Gasteiger partial charge in [0.15, 0.2) is 0 Å². The predicted octanol–water partition coefficient (Wildman–Crippen LogP) is 3.31. The third-order valence-electron chi connectivity index (χ3n) is 1.76. The Morgan fingerprint density at radius 3 is 2.67 bits per heavy atom. The number of aliphatic hydroxyl groups excluding tert-OH is 1. The van der Waals surface area contributed by atoms with Gasteiger partial charge in [0.2, 0.25) is 0 Å². The highest BCUT2D eigenvalue weighted by molar-refractivity contribution is 9.11. The first-order valence-corrected chi connectivity index (χ1v) is 5.29. The van der Waals surface area contributed by atoms with Crippen LogP contribution >= 0.6 is 31.9 Å². The third-order valence-corrected chi connectivity index (χ3v) is 2.98. The first kappa shape index (κ1) is 10.2. The van der Waals surface area contributed by atoms with Crippen LogP contribution in [0.4, 0.5) is 0 Å². The smallest absolute Gasteiger partial charge is 0.0497 e. The molecule has 1 unspecified atom stereocenters. The van der Waals surface area contributed by atoms with Gasteiger partial charge >= 0.3 is 0 Å². The van der Waals surface area contributed by atoms with Crippen molar-refractivity contribution in [3.63, 3.8) is 0 Å². The molecule has 1 N–H and O–H groups in total. The van der Waals surface area contributed by atoms with Crippen LogP contribution in [0.1, 0.15) is 18.4 Å². The van der Waals surface area contributed by atoms with Gasteiger partial charge in [-0.2, -0.15) is 0 Å². The van der Waals surface area contributed by atoms with Crippen molar-refractivity contribution < 1.29 is 5.11 Å². The number of hydrogen-bond acceptors (Lipinski definition) is 1. The van der Waals surface area contributed by atoms with Crippen molar-refractivity contribution in [2.45, 2.75) is 12.8 Å². The van der Waals surface area contributed by atoms with Crippen molar-refractivity contribution in [3.05, 3.63) is 32.7 Å². The van der Waals surface area contributed by atoms with Crippen molar-refractivity contribution in [1.82, 2.24) is 0 Å². The highest BCUT2D eigenvalue weighted by Gasteiger charge is 2.07. The fourth-order valence-electron chi connectivity index (χ4n) is 0.991. The molecule has 0 radical (unpaired) electrons. The van der Waals surface area contributed by atoms with E-state index < -0.39 is 0 Å². The molecule has 0 saturated heterocycles. The summed E-state index contributed by atoms with van der Waals surface area (Å²) in [6.07, 6.45) is 0. The number of rotatable bonds is 2. The minimum Gasteiger partial charge on any atom is -0.396 e. The summed E-state index contributed by atoms with van der Waals surface area (Å²) in [6, 6.07) is 5.97. The second-order valence-electron chi connectivity index (χ2n) is 2.75. The van der Waals surface area contributed by atoms with Gasteiger partial charge in [0.1, 0.15) is 0 Å². The molecule has 1 aromatic rings. The Balaban J connectivity index is 3.04. The average Bonchev–Trinajstić information content (AvgIpc) is 2.08. The summed E-state index contributed by atoms with van der Waals surface area (Å²) < 4.78 is 2.09. The largest absolute Gasteiger partial charge is 0.396 e. The Morgan fingerprint density at radius 2 is 2.08 bits per heavy atom. The minimum absolute atomic E-state index is 0.176. The number of hydrogen-bond donors (Lipinski definition) is 1. The Morgan fingerprint density at radius 1 is 1.42 bits per heavy atom. The molecule has 1 aromatic carbocycles. The van der Waals surface area contributed by atoms with Crippen LogP contribution in [0.2, 0.25) is 0 Å². The SMILES string of the molecule is CC(CO)c1cc(Br)ccc1Br. The fraction of sp³-hybridized carbons (Fsp3) is 0.333. The zero-order chi connectivity index (χ0) is 9.14. The molecule has 1 nitrogen and oxygen atoms in total. The molecule has 0 bridgehead atoms. The van der Waals surface area contributed by atoms with E-state index in [9.17, 15) is 0 Å². The highest BCUT2D eigenvalue weighted by Crippen LogP contribution is 2.27. The predicted molar refractivity (Wildman–Crippen MR) is 57.3 cm³/mol. The lowest BCUT2D eigenvalue weighted by molar-refractivity contribution is 0.272. The van der Waals surface area contributed by atoms with Crippen LogP contribution < -0.4 is 0 Å². The average molecular weight is 294 g/mol. The van der Waals surface area contributed by atoms with Gasteiger partial charge in [-0.3, -0.25) is 0 Å². The Bertz CT molecular complexity index is 273. The molecule has 0 saturated carbocycles. The molecule has 0 aliphatic carbocycles. The standard InChI is InChI=1S/C9H10Br2O/c1-6(5-12)8-4-7(10)2-3-9(8)11/h2-4,6,12H,5H2,1H3. The van der Waals surface area contributed by atoms with Crippen LogP contribution in [0, 0.1) is 0 Å². The second-order valence-corrected chi connectivity index (χ2v) is 4.52. The topological polar surface area (TPSA) is 20.2 Å². The fourth-order valence-corrected chi connectivity index (χ4v) is 2.01. The van der Waals surface area contributed by atoms with Gasteiger partial charge in [-0.25, -0.2) is 0 Å². The van der Waals surface area contributed by atoms with Gasteiger partial charge in [0.25, 0.3) is 0 Å². The maximum atomic E-state index is 8.97. The van der Waals surface area contributed by atoms with Crippen molar-refractivity contribution in [2.75, 3.05) is 6.61 Å². The van der Waals surface area contributed by atoms with Gasteiger partial charge in [0.05, 0.1) is 0 Å². The number of halogens is 2. The molecule has 0 heterocycles. The van der Waals surface area contributed by atoms with Crippen molar-refractivity contribution in [1.29, 1.82) is 0 Å². The van der Waals surface area contributed by atoms with E-state index in [-0.39, 0.29) is 12.5 Å².